The van der Waals surface area contributed by atoms with E-state index in [1.807, 2.05) is 4.74 Å². The van der Waals surface area contributed by atoms with Gasteiger partial charge in [-0.3, -0.25) is 0 Å². The molecule has 0 aromatic heterocycles. The summed E-state index contributed by atoms with van der Waals surface area (Å²) < 4.78 is 166. The van der Waals surface area contributed by atoms with Crippen LogP contribution in [0.15, 0.2) is 0 Å². The molecule has 17 heteroatoms. The van der Waals surface area contributed by atoms with E-state index in [2.05, 4.69) is 4.74 Å². The molecule has 0 N–H and O–H groups in total. The summed E-state index contributed by atoms with van der Waals surface area (Å²) in [4.78, 5) is 7.35. The van der Waals surface area contributed by atoms with Crippen molar-refractivity contribution in [1.29, 1.82) is 0 Å². The number of alkyl halides is 13. The topological polar surface area (TPSA) is 38.8 Å². The van der Waals surface area contributed by atoms with Gasteiger partial charge in [0.1, 0.15) is 0 Å². The normalized spacial score (nSPS) is 24.0. The fraction of sp³-hybridized carbons (Fsp3) is 0.909. The van der Waals surface area contributed by atoms with Gasteiger partial charge in [0.25, 0.3) is 0 Å². The fourth-order valence-corrected chi connectivity index (χ4v) is 2.33. The van der Waals surface area contributed by atoms with E-state index in [4.69, 9.17) is 0 Å². The summed E-state index contributed by atoms with van der Waals surface area (Å²) >= 11 is 1.78. The first kappa shape index (κ1) is 25.3. The second kappa shape index (κ2) is 7.51. The number of unbranched alkanes of at least 4 members (excludes halogenated alkanes) is 1. The number of halogens is 13. The van der Waals surface area contributed by atoms with E-state index in [0.717, 1.165) is 0 Å². The van der Waals surface area contributed by atoms with Crippen molar-refractivity contribution in [2.45, 2.75) is 49.1 Å². The average Bonchev–Trinajstić information content (AvgIpc) is 2.47. The molecular formula is C11H8F12INO3. The van der Waals surface area contributed by atoms with Gasteiger partial charge >= 0.3 is 42.2 Å². The molecule has 1 aliphatic rings. The predicted octanol–water partition coefficient (Wildman–Crippen LogP) is 4.68. The van der Waals surface area contributed by atoms with Crippen LogP contribution < -0.4 is 0 Å². The number of carbonyl (C=O) groups excluding carboxylic acids is 1. The predicted molar refractivity (Wildman–Crippen MR) is 71.7 cm³/mol. The summed E-state index contributed by atoms with van der Waals surface area (Å²) in [6, 6.07) is -21.4. The molecule has 166 valence electrons. The number of carbonyl (C=O) groups is 1. The Morgan fingerprint density at radius 1 is 0.893 bits per heavy atom. The van der Waals surface area contributed by atoms with Gasteiger partial charge in [-0.25, -0.2) is 9.53 Å². The van der Waals surface area contributed by atoms with Gasteiger partial charge in [-0.2, -0.15) is 52.7 Å². The molecule has 0 aromatic carbocycles. The van der Waals surface area contributed by atoms with E-state index < -0.39 is 53.8 Å². The molecule has 1 aliphatic heterocycles. The minimum Gasteiger partial charge on any atom is -0.461 e. The number of ether oxygens (including phenoxy) is 2. The Morgan fingerprint density at radius 3 is 1.71 bits per heavy atom. The lowest BCUT2D eigenvalue weighted by atomic mass is 10.1. The SMILES string of the molecule is O=C(OCCCCI)C(F)(F)C(F)(F)N1C(F)(F)C(F)(F)OC(F)(F)C1(F)F. The standard InChI is InChI=1S/C11H8F12INO3/c12-6(13,5(26)27-4-2-1-3-24)7(14,15)25-8(16,17)10(20,21)28-11(22,23)9(25,18)19/h1-4H2. The molecule has 0 bridgehead atoms. The second-order valence-electron chi connectivity index (χ2n) is 5.20. The molecule has 0 aliphatic carbocycles. The van der Waals surface area contributed by atoms with Gasteiger partial charge < -0.3 is 4.74 Å². The molecule has 0 amide bonds. The number of hydrogen-bond acceptors (Lipinski definition) is 4. The van der Waals surface area contributed by atoms with Gasteiger partial charge in [-0.1, -0.05) is 27.5 Å². The summed E-state index contributed by atoms with van der Waals surface area (Å²) in [5.41, 5.74) is 0. The fourth-order valence-electron chi connectivity index (χ4n) is 1.79. The first-order chi connectivity index (χ1) is 12.3. The molecule has 1 fully saturated rings. The Hall–Kier alpha value is -0.720. The molecule has 0 spiro atoms. The lowest BCUT2D eigenvalue weighted by molar-refractivity contribution is -0.591. The van der Waals surface area contributed by atoms with Crippen LogP contribution in [0.3, 0.4) is 0 Å². The summed E-state index contributed by atoms with van der Waals surface area (Å²) in [6.07, 6.45) is -13.5. The van der Waals surface area contributed by atoms with Crippen molar-refractivity contribution >= 4 is 28.6 Å². The minimum atomic E-state index is -7.25. The lowest BCUT2D eigenvalue weighted by Crippen LogP contribution is -2.80. The van der Waals surface area contributed by atoms with Crippen molar-refractivity contribution in [2.24, 2.45) is 0 Å². The maximum atomic E-state index is 13.8. The summed E-state index contributed by atoms with van der Waals surface area (Å²) in [7, 11) is 0. The van der Waals surface area contributed by atoms with Crippen LogP contribution >= 0.6 is 22.6 Å². The first-order valence-electron chi connectivity index (χ1n) is 6.81. The molecule has 0 radical (unpaired) electrons. The minimum absolute atomic E-state index is 0.198. The van der Waals surface area contributed by atoms with E-state index >= 15 is 0 Å². The van der Waals surface area contributed by atoms with Gasteiger partial charge in [0.2, 0.25) is 0 Å². The largest absolute Gasteiger partial charge is 0.461 e. The molecule has 1 rings (SSSR count). The van der Waals surface area contributed by atoms with Crippen LogP contribution in [0.2, 0.25) is 0 Å². The van der Waals surface area contributed by atoms with Crippen molar-refractivity contribution in [2.75, 3.05) is 11.0 Å². The van der Waals surface area contributed by atoms with Gasteiger partial charge in [0.15, 0.2) is 0 Å². The monoisotopic (exact) mass is 557 g/mol. The molecule has 0 atom stereocenters. The zero-order chi connectivity index (χ0) is 22.4. The van der Waals surface area contributed by atoms with E-state index in [1.54, 1.807) is 22.6 Å². The number of rotatable bonds is 7. The quantitative estimate of drug-likeness (QED) is 0.114. The molecule has 1 saturated heterocycles. The van der Waals surface area contributed by atoms with Crippen LogP contribution in [0.1, 0.15) is 12.8 Å². The highest BCUT2D eigenvalue weighted by Crippen LogP contribution is 2.60. The maximum Gasteiger partial charge on any atom is 0.439 e. The van der Waals surface area contributed by atoms with Crippen molar-refractivity contribution in [1.82, 2.24) is 4.90 Å². The van der Waals surface area contributed by atoms with Crippen molar-refractivity contribution in [3.05, 3.63) is 0 Å². The number of nitrogens with zero attached hydrogens (tertiary/aromatic N) is 1. The Morgan fingerprint density at radius 2 is 1.32 bits per heavy atom. The van der Waals surface area contributed by atoms with Crippen LogP contribution in [0.4, 0.5) is 52.7 Å². The Labute approximate surface area is 161 Å². The lowest BCUT2D eigenvalue weighted by Gasteiger charge is -2.49. The summed E-state index contributed by atoms with van der Waals surface area (Å²) in [5, 5.41) is 0. The van der Waals surface area contributed by atoms with Crippen LogP contribution in [0, 0.1) is 0 Å². The number of morpholine rings is 1. The molecular weight excluding hydrogens is 549 g/mol. The third-order valence-corrected chi connectivity index (χ3v) is 3.96. The first-order valence-corrected chi connectivity index (χ1v) is 8.34. The molecule has 1 heterocycles. The average molecular weight is 557 g/mol. The van der Waals surface area contributed by atoms with Crippen LogP contribution in [-0.2, 0) is 14.3 Å². The van der Waals surface area contributed by atoms with E-state index in [9.17, 15) is 57.5 Å². The zero-order valence-corrected chi connectivity index (χ0v) is 15.1. The molecule has 0 saturated carbocycles. The van der Waals surface area contributed by atoms with Gasteiger partial charge in [-0.15, -0.1) is 0 Å². The Bertz CT molecular complexity index is 573. The van der Waals surface area contributed by atoms with Crippen LogP contribution in [0.5, 0.6) is 0 Å². The van der Waals surface area contributed by atoms with Crippen LogP contribution in [-0.4, -0.2) is 58.2 Å². The maximum absolute atomic E-state index is 13.8. The zero-order valence-electron chi connectivity index (χ0n) is 12.9. The number of esters is 1. The van der Waals surface area contributed by atoms with E-state index in [0.29, 0.717) is 4.43 Å². The molecule has 4 nitrogen and oxygen atoms in total. The van der Waals surface area contributed by atoms with Gasteiger partial charge in [-0.05, 0) is 17.3 Å². The van der Waals surface area contributed by atoms with Crippen LogP contribution in [0.25, 0.3) is 0 Å². The Kier molecular flexibility index (Phi) is 6.79. The molecule has 0 unspecified atom stereocenters. The summed E-state index contributed by atoms with van der Waals surface area (Å²) in [5.74, 6) is -10.0. The molecule has 28 heavy (non-hydrogen) atoms. The third-order valence-electron chi connectivity index (χ3n) is 3.19. The van der Waals surface area contributed by atoms with E-state index in [-0.39, 0.29) is 12.8 Å². The van der Waals surface area contributed by atoms with Gasteiger partial charge in [0, 0.05) is 0 Å². The van der Waals surface area contributed by atoms with Crippen molar-refractivity contribution in [3.63, 3.8) is 0 Å². The van der Waals surface area contributed by atoms with Gasteiger partial charge in [0.05, 0.1) is 6.61 Å². The number of hydrogen-bond donors (Lipinski definition) is 0. The van der Waals surface area contributed by atoms with Crippen molar-refractivity contribution < 1.29 is 67.0 Å². The van der Waals surface area contributed by atoms with E-state index in [1.165, 1.54) is 0 Å². The Balaban J connectivity index is 3.39. The highest BCUT2D eigenvalue weighted by molar-refractivity contribution is 14.1. The smallest absolute Gasteiger partial charge is 0.439 e. The highest BCUT2D eigenvalue weighted by atomic mass is 127. The van der Waals surface area contributed by atoms with Crippen molar-refractivity contribution in [3.8, 4) is 0 Å². The highest BCUT2D eigenvalue weighted by Gasteiger charge is 2.90. The second-order valence-corrected chi connectivity index (χ2v) is 6.28. The third kappa shape index (κ3) is 3.84. The summed E-state index contributed by atoms with van der Waals surface area (Å²) in [6.45, 7) is -0.990. The molecule has 0 aromatic rings.